The van der Waals surface area contributed by atoms with E-state index in [1.807, 2.05) is 0 Å². The summed E-state index contributed by atoms with van der Waals surface area (Å²) < 4.78 is 0. The fourth-order valence-electron chi connectivity index (χ4n) is 2.07. The summed E-state index contributed by atoms with van der Waals surface area (Å²) in [5.41, 5.74) is 0.266. The number of nitrogens with zero attached hydrogens (tertiary/aromatic N) is 1. The van der Waals surface area contributed by atoms with Gasteiger partial charge in [0.1, 0.15) is 0 Å². The maximum atomic E-state index is 11.8. The lowest BCUT2D eigenvalue weighted by Gasteiger charge is -2.30. The van der Waals surface area contributed by atoms with Crippen molar-refractivity contribution >= 4 is 5.91 Å². The molecule has 5 nitrogen and oxygen atoms in total. The van der Waals surface area contributed by atoms with E-state index in [2.05, 4.69) is 42.9 Å². The van der Waals surface area contributed by atoms with Crippen molar-refractivity contribution in [1.82, 2.24) is 15.2 Å². The molecule has 1 aromatic rings. The number of amides is 1. The molecule has 0 saturated heterocycles. The number of carbonyl (C=O) groups is 1. The van der Waals surface area contributed by atoms with Crippen LogP contribution in [-0.2, 0) is 0 Å². The van der Waals surface area contributed by atoms with Crippen LogP contribution in [0, 0.1) is 0 Å². The minimum Gasteiger partial charge on any atom is -0.351 e. The highest BCUT2D eigenvalue weighted by Crippen LogP contribution is 2.03. The zero-order valence-electron chi connectivity index (χ0n) is 12.1. The molecule has 19 heavy (non-hydrogen) atoms. The maximum Gasteiger partial charge on any atom is 0.252 e. The summed E-state index contributed by atoms with van der Waals surface area (Å²) in [7, 11) is 0. The molecular weight excluding hydrogens is 242 g/mol. The van der Waals surface area contributed by atoms with Crippen molar-refractivity contribution in [3.05, 3.63) is 34.2 Å². The van der Waals surface area contributed by atoms with Crippen molar-refractivity contribution in [3.8, 4) is 0 Å². The van der Waals surface area contributed by atoms with Gasteiger partial charge in [-0.25, -0.2) is 0 Å². The molecule has 0 aliphatic rings. The highest BCUT2D eigenvalue weighted by molar-refractivity contribution is 5.93. The van der Waals surface area contributed by atoms with Crippen molar-refractivity contribution in [3.63, 3.8) is 0 Å². The van der Waals surface area contributed by atoms with Crippen LogP contribution in [-0.4, -0.2) is 41.0 Å². The van der Waals surface area contributed by atoms with Crippen molar-refractivity contribution in [2.24, 2.45) is 0 Å². The molecule has 0 aliphatic carbocycles. The van der Waals surface area contributed by atoms with E-state index in [4.69, 9.17) is 0 Å². The van der Waals surface area contributed by atoms with Gasteiger partial charge in [0, 0.05) is 37.4 Å². The Labute approximate surface area is 114 Å². The van der Waals surface area contributed by atoms with Crippen LogP contribution in [0.1, 0.15) is 38.1 Å². The third-order valence-corrected chi connectivity index (χ3v) is 3.03. The third-order valence-electron chi connectivity index (χ3n) is 3.03. The van der Waals surface area contributed by atoms with E-state index in [9.17, 15) is 9.59 Å². The van der Waals surface area contributed by atoms with Gasteiger partial charge in [-0.15, -0.1) is 0 Å². The molecule has 1 amide bonds. The third kappa shape index (κ3) is 4.87. The van der Waals surface area contributed by atoms with Gasteiger partial charge in [-0.1, -0.05) is 0 Å². The minimum absolute atomic E-state index is 0.163. The lowest BCUT2D eigenvalue weighted by Crippen LogP contribution is -2.42. The molecular formula is C14H23N3O2. The normalized spacial score (nSPS) is 11.3. The van der Waals surface area contributed by atoms with E-state index in [-0.39, 0.29) is 11.5 Å². The van der Waals surface area contributed by atoms with Crippen LogP contribution in [0.15, 0.2) is 23.1 Å². The van der Waals surface area contributed by atoms with E-state index >= 15 is 0 Å². The molecule has 2 N–H and O–H groups in total. The molecule has 0 aromatic carbocycles. The Balaban J connectivity index is 2.46. The smallest absolute Gasteiger partial charge is 0.252 e. The second kappa shape index (κ2) is 7.09. The zero-order chi connectivity index (χ0) is 14.4. The molecule has 0 spiro atoms. The zero-order valence-corrected chi connectivity index (χ0v) is 12.1. The quantitative estimate of drug-likeness (QED) is 0.813. The van der Waals surface area contributed by atoms with Gasteiger partial charge in [0.05, 0.1) is 5.56 Å². The van der Waals surface area contributed by atoms with Crippen LogP contribution in [0.25, 0.3) is 0 Å². The summed E-state index contributed by atoms with van der Waals surface area (Å²) in [5, 5.41) is 2.86. The Kier molecular flexibility index (Phi) is 5.76. The second-order valence-corrected chi connectivity index (χ2v) is 5.12. The topological polar surface area (TPSA) is 65.2 Å². The maximum absolute atomic E-state index is 11.8. The number of aromatic nitrogens is 1. The average Bonchev–Trinajstić information content (AvgIpc) is 2.34. The van der Waals surface area contributed by atoms with Gasteiger partial charge in [0.2, 0.25) is 5.56 Å². The predicted molar refractivity (Wildman–Crippen MR) is 76.4 cm³/mol. The van der Waals surface area contributed by atoms with E-state index in [1.165, 1.54) is 18.3 Å². The first-order valence-corrected chi connectivity index (χ1v) is 6.64. The minimum atomic E-state index is -0.206. The van der Waals surface area contributed by atoms with Crippen LogP contribution in [0.3, 0.4) is 0 Å². The monoisotopic (exact) mass is 265 g/mol. The molecule has 1 rings (SSSR count). The largest absolute Gasteiger partial charge is 0.351 e. The molecule has 0 saturated carbocycles. The van der Waals surface area contributed by atoms with Crippen LogP contribution in [0.2, 0.25) is 0 Å². The van der Waals surface area contributed by atoms with Gasteiger partial charge < -0.3 is 10.3 Å². The number of hydrogen-bond donors (Lipinski definition) is 2. The molecule has 0 bridgehead atoms. The molecule has 0 unspecified atom stereocenters. The first kappa shape index (κ1) is 15.4. The molecule has 5 heteroatoms. The Morgan fingerprint density at radius 3 is 2.37 bits per heavy atom. The number of hydrogen-bond acceptors (Lipinski definition) is 3. The lowest BCUT2D eigenvalue weighted by atomic mass is 10.2. The Morgan fingerprint density at radius 2 is 1.89 bits per heavy atom. The molecule has 1 heterocycles. The highest BCUT2D eigenvalue weighted by atomic mass is 16.1. The molecule has 0 radical (unpaired) electrons. The summed E-state index contributed by atoms with van der Waals surface area (Å²) in [6, 6.07) is 3.77. The van der Waals surface area contributed by atoms with Gasteiger partial charge >= 0.3 is 0 Å². The molecule has 0 aliphatic heterocycles. The van der Waals surface area contributed by atoms with Crippen molar-refractivity contribution in [2.45, 2.75) is 39.8 Å². The molecule has 1 aromatic heterocycles. The first-order chi connectivity index (χ1) is 8.91. The summed E-state index contributed by atoms with van der Waals surface area (Å²) in [6.07, 6.45) is 1.43. The SMILES string of the molecule is CC(C)N(CCNC(=O)c1ccc(=O)[nH]c1)C(C)C. The van der Waals surface area contributed by atoms with E-state index in [0.29, 0.717) is 24.2 Å². The lowest BCUT2D eigenvalue weighted by molar-refractivity contribution is 0.0939. The second-order valence-electron chi connectivity index (χ2n) is 5.12. The van der Waals surface area contributed by atoms with E-state index in [1.54, 1.807) is 0 Å². The standard InChI is InChI=1S/C14H23N3O2/c1-10(2)17(11(3)4)8-7-15-14(19)12-5-6-13(18)16-9-12/h5-6,9-11H,7-8H2,1-4H3,(H,15,19)(H,16,18). The Morgan fingerprint density at radius 1 is 1.26 bits per heavy atom. The van der Waals surface area contributed by atoms with Crippen molar-refractivity contribution in [1.29, 1.82) is 0 Å². The Hall–Kier alpha value is -1.62. The number of pyridine rings is 1. The summed E-state index contributed by atoms with van der Waals surface area (Å²) in [5.74, 6) is -0.163. The van der Waals surface area contributed by atoms with Crippen LogP contribution in [0.5, 0.6) is 0 Å². The van der Waals surface area contributed by atoms with Crippen molar-refractivity contribution < 1.29 is 4.79 Å². The van der Waals surface area contributed by atoms with E-state index in [0.717, 1.165) is 6.54 Å². The number of H-pyrrole nitrogens is 1. The van der Waals surface area contributed by atoms with Gasteiger partial charge in [-0.05, 0) is 33.8 Å². The van der Waals surface area contributed by atoms with Gasteiger partial charge in [-0.3, -0.25) is 14.5 Å². The highest BCUT2D eigenvalue weighted by Gasteiger charge is 2.13. The Bertz CT molecular complexity index is 438. The molecule has 106 valence electrons. The van der Waals surface area contributed by atoms with Crippen LogP contribution < -0.4 is 10.9 Å². The molecule has 0 fully saturated rings. The number of carbonyl (C=O) groups excluding carboxylic acids is 1. The van der Waals surface area contributed by atoms with Gasteiger partial charge in [0.15, 0.2) is 0 Å². The van der Waals surface area contributed by atoms with Crippen molar-refractivity contribution in [2.75, 3.05) is 13.1 Å². The fraction of sp³-hybridized carbons (Fsp3) is 0.571. The number of rotatable bonds is 6. The molecule has 0 atom stereocenters. The summed E-state index contributed by atoms with van der Waals surface area (Å²) in [4.78, 5) is 27.5. The predicted octanol–water partition coefficient (Wildman–Crippen LogP) is 1.22. The summed E-state index contributed by atoms with van der Waals surface area (Å²) in [6.45, 7) is 9.97. The first-order valence-electron chi connectivity index (χ1n) is 6.64. The number of nitrogens with one attached hydrogen (secondary N) is 2. The van der Waals surface area contributed by atoms with Crippen LogP contribution >= 0.6 is 0 Å². The fourth-order valence-corrected chi connectivity index (χ4v) is 2.07. The van der Waals surface area contributed by atoms with Gasteiger partial charge in [-0.2, -0.15) is 0 Å². The summed E-state index contributed by atoms with van der Waals surface area (Å²) >= 11 is 0. The number of aromatic amines is 1. The van der Waals surface area contributed by atoms with Crippen LogP contribution in [0.4, 0.5) is 0 Å². The average molecular weight is 265 g/mol. The van der Waals surface area contributed by atoms with Gasteiger partial charge in [0.25, 0.3) is 5.91 Å². The van der Waals surface area contributed by atoms with E-state index < -0.39 is 0 Å².